The summed E-state index contributed by atoms with van der Waals surface area (Å²) in [5.41, 5.74) is 4.92. The first-order valence-electron chi connectivity index (χ1n) is 5.22. The third-order valence-electron chi connectivity index (χ3n) is 2.39. The molecule has 1 unspecified atom stereocenters. The minimum Gasteiger partial charge on any atom is -0.444 e. The first-order chi connectivity index (χ1) is 7.20. The van der Waals surface area contributed by atoms with Gasteiger partial charge in [0, 0.05) is 19.1 Å². The lowest BCUT2D eigenvalue weighted by Gasteiger charge is -2.24. The SMILES string of the molecule is CC(C)(C)OC(=O)N1CC(C(F)F)[C@H](N)C1. The summed E-state index contributed by atoms with van der Waals surface area (Å²) < 4.78 is 30.1. The highest BCUT2D eigenvalue weighted by molar-refractivity contribution is 5.68. The highest BCUT2D eigenvalue weighted by atomic mass is 19.3. The van der Waals surface area contributed by atoms with Crippen molar-refractivity contribution in [1.82, 2.24) is 4.90 Å². The quantitative estimate of drug-likeness (QED) is 0.749. The van der Waals surface area contributed by atoms with Crippen LogP contribution in [0.15, 0.2) is 0 Å². The second kappa shape index (κ2) is 4.53. The van der Waals surface area contributed by atoms with Crippen molar-refractivity contribution in [3.63, 3.8) is 0 Å². The Morgan fingerprint density at radius 2 is 2.00 bits per heavy atom. The fraction of sp³-hybridized carbons (Fsp3) is 0.900. The van der Waals surface area contributed by atoms with Crippen molar-refractivity contribution in [2.45, 2.75) is 38.8 Å². The van der Waals surface area contributed by atoms with E-state index in [0.717, 1.165) is 0 Å². The van der Waals surface area contributed by atoms with Crippen molar-refractivity contribution < 1.29 is 18.3 Å². The van der Waals surface area contributed by atoms with E-state index in [0.29, 0.717) is 0 Å². The Kier molecular flexibility index (Phi) is 3.72. The molecule has 1 heterocycles. The maximum atomic E-state index is 12.5. The van der Waals surface area contributed by atoms with Crippen molar-refractivity contribution in [3.05, 3.63) is 0 Å². The number of carbonyl (C=O) groups excluding carboxylic acids is 1. The van der Waals surface area contributed by atoms with E-state index >= 15 is 0 Å². The van der Waals surface area contributed by atoms with Gasteiger partial charge < -0.3 is 15.4 Å². The van der Waals surface area contributed by atoms with Gasteiger partial charge in [0.15, 0.2) is 0 Å². The lowest BCUT2D eigenvalue weighted by Crippen LogP contribution is -2.36. The van der Waals surface area contributed by atoms with E-state index in [1.165, 1.54) is 4.90 Å². The maximum Gasteiger partial charge on any atom is 0.410 e. The van der Waals surface area contributed by atoms with Gasteiger partial charge in [-0.25, -0.2) is 13.6 Å². The average Bonchev–Trinajstić information content (AvgIpc) is 2.44. The Morgan fingerprint density at radius 3 is 2.38 bits per heavy atom. The zero-order valence-corrected chi connectivity index (χ0v) is 9.74. The first kappa shape index (κ1) is 13.2. The summed E-state index contributed by atoms with van der Waals surface area (Å²) in [5, 5.41) is 0. The molecule has 1 amide bonds. The van der Waals surface area contributed by atoms with Gasteiger partial charge in [-0.05, 0) is 20.8 Å². The zero-order valence-electron chi connectivity index (χ0n) is 9.74. The molecule has 1 aliphatic rings. The van der Waals surface area contributed by atoms with Crippen molar-refractivity contribution >= 4 is 6.09 Å². The van der Waals surface area contributed by atoms with E-state index in [1.807, 2.05) is 0 Å². The molecule has 6 heteroatoms. The number of halogens is 2. The molecule has 4 nitrogen and oxygen atoms in total. The van der Waals surface area contributed by atoms with Crippen LogP contribution >= 0.6 is 0 Å². The molecule has 94 valence electrons. The van der Waals surface area contributed by atoms with Crippen molar-refractivity contribution in [1.29, 1.82) is 0 Å². The predicted molar refractivity (Wildman–Crippen MR) is 55.3 cm³/mol. The summed E-state index contributed by atoms with van der Waals surface area (Å²) in [6.07, 6.45) is -3.08. The van der Waals surface area contributed by atoms with Crippen molar-refractivity contribution in [2.24, 2.45) is 11.7 Å². The van der Waals surface area contributed by atoms with Gasteiger partial charge in [0.25, 0.3) is 0 Å². The summed E-state index contributed by atoms with van der Waals surface area (Å²) in [6, 6.07) is -0.674. The van der Waals surface area contributed by atoms with E-state index in [9.17, 15) is 13.6 Å². The Bertz CT molecular complexity index is 266. The van der Waals surface area contributed by atoms with E-state index < -0.39 is 30.1 Å². The molecule has 16 heavy (non-hydrogen) atoms. The van der Waals surface area contributed by atoms with Crippen LogP contribution in [0.3, 0.4) is 0 Å². The summed E-state index contributed by atoms with van der Waals surface area (Å²) in [7, 11) is 0. The second-order valence-electron chi connectivity index (χ2n) is 5.05. The Labute approximate surface area is 93.7 Å². The number of rotatable bonds is 1. The van der Waals surface area contributed by atoms with Crippen LogP contribution < -0.4 is 5.73 Å². The molecular weight excluding hydrogens is 218 g/mol. The van der Waals surface area contributed by atoms with Gasteiger partial charge in [-0.3, -0.25) is 0 Å². The largest absolute Gasteiger partial charge is 0.444 e. The summed E-state index contributed by atoms with van der Waals surface area (Å²) in [6.45, 7) is 5.28. The fourth-order valence-electron chi connectivity index (χ4n) is 1.60. The van der Waals surface area contributed by atoms with Crippen LogP contribution in [0.25, 0.3) is 0 Å². The molecule has 1 saturated heterocycles. The van der Waals surface area contributed by atoms with E-state index in [1.54, 1.807) is 20.8 Å². The van der Waals surface area contributed by atoms with Crippen LogP contribution in [0.2, 0.25) is 0 Å². The standard InChI is InChI=1S/C10H18F2N2O2/c1-10(2,3)16-9(15)14-4-6(8(11)12)7(13)5-14/h6-8H,4-5,13H2,1-3H3/t6?,7-/m1/s1. The molecule has 1 aliphatic heterocycles. The molecule has 1 rings (SSSR count). The van der Waals surface area contributed by atoms with E-state index in [4.69, 9.17) is 10.5 Å². The number of nitrogens with two attached hydrogens (primary N) is 1. The zero-order chi connectivity index (χ0) is 12.5. The van der Waals surface area contributed by atoms with Crippen LogP contribution in [-0.2, 0) is 4.74 Å². The number of likely N-dealkylation sites (tertiary alicyclic amines) is 1. The summed E-state index contributed by atoms with van der Waals surface area (Å²) in [5.74, 6) is -0.951. The smallest absolute Gasteiger partial charge is 0.410 e. The third-order valence-corrected chi connectivity index (χ3v) is 2.39. The number of nitrogens with zero attached hydrogens (tertiary/aromatic N) is 1. The van der Waals surface area contributed by atoms with Gasteiger partial charge in [-0.1, -0.05) is 0 Å². The number of hydrogen-bond acceptors (Lipinski definition) is 3. The van der Waals surface area contributed by atoms with Crippen LogP contribution in [0.4, 0.5) is 13.6 Å². The van der Waals surface area contributed by atoms with Crippen LogP contribution in [0.5, 0.6) is 0 Å². The fourth-order valence-corrected chi connectivity index (χ4v) is 1.60. The van der Waals surface area contributed by atoms with Gasteiger partial charge in [0.1, 0.15) is 5.60 Å². The van der Waals surface area contributed by atoms with Crippen molar-refractivity contribution in [2.75, 3.05) is 13.1 Å². The molecule has 0 aliphatic carbocycles. The topological polar surface area (TPSA) is 55.6 Å². The Hall–Kier alpha value is -0.910. The van der Waals surface area contributed by atoms with Gasteiger partial charge in [-0.15, -0.1) is 0 Å². The molecule has 0 radical (unpaired) electrons. The second-order valence-corrected chi connectivity index (χ2v) is 5.05. The van der Waals surface area contributed by atoms with Gasteiger partial charge in [0.05, 0.1) is 5.92 Å². The normalized spacial score (nSPS) is 26.3. The Morgan fingerprint density at radius 1 is 1.44 bits per heavy atom. The predicted octanol–water partition coefficient (Wildman–Crippen LogP) is 1.45. The van der Waals surface area contributed by atoms with Crippen LogP contribution in [0.1, 0.15) is 20.8 Å². The minimum atomic E-state index is -2.50. The lowest BCUT2D eigenvalue weighted by molar-refractivity contribution is 0.0254. The maximum absolute atomic E-state index is 12.5. The van der Waals surface area contributed by atoms with Gasteiger partial charge >= 0.3 is 6.09 Å². The molecule has 0 aromatic rings. The van der Waals surface area contributed by atoms with Crippen LogP contribution in [0, 0.1) is 5.92 Å². The van der Waals surface area contributed by atoms with Gasteiger partial charge in [-0.2, -0.15) is 0 Å². The Balaban J connectivity index is 2.55. The molecule has 0 aromatic heterocycles. The molecular formula is C10H18F2N2O2. The summed E-state index contributed by atoms with van der Waals surface area (Å²) in [4.78, 5) is 12.8. The van der Waals surface area contributed by atoms with Gasteiger partial charge in [0.2, 0.25) is 6.43 Å². The third kappa shape index (κ3) is 3.30. The number of carbonyl (C=O) groups is 1. The van der Waals surface area contributed by atoms with E-state index in [2.05, 4.69) is 0 Å². The number of ether oxygens (including phenoxy) is 1. The number of amides is 1. The number of hydrogen-bond donors (Lipinski definition) is 1. The highest BCUT2D eigenvalue weighted by Crippen LogP contribution is 2.23. The average molecular weight is 236 g/mol. The first-order valence-corrected chi connectivity index (χ1v) is 5.22. The van der Waals surface area contributed by atoms with E-state index in [-0.39, 0.29) is 13.1 Å². The lowest BCUT2D eigenvalue weighted by atomic mass is 10.1. The molecule has 0 saturated carbocycles. The highest BCUT2D eigenvalue weighted by Gasteiger charge is 2.39. The monoisotopic (exact) mass is 236 g/mol. The molecule has 1 fully saturated rings. The molecule has 0 aromatic carbocycles. The van der Waals surface area contributed by atoms with Crippen molar-refractivity contribution in [3.8, 4) is 0 Å². The summed E-state index contributed by atoms with van der Waals surface area (Å²) >= 11 is 0. The molecule has 0 bridgehead atoms. The molecule has 2 N–H and O–H groups in total. The molecule has 0 spiro atoms. The van der Waals surface area contributed by atoms with Crippen LogP contribution in [-0.4, -0.2) is 42.2 Å². The number of alkyl halides is 2. The minimum absolute atomic E-state index is 0.0340. The molecule has 2 atom stereocenters.